The van der Waals surface area contributed by atoms with Gasteiger partial charge in [0.1, 0.15) is 5.75 Å². The summed E-state index contributed by atoms with van der Waals surface area (Å²) < 4.78 is 32.7. The molecular formula is C21H25ClN2O4S. The van der Waals surface area contributed by atoms with E-state index >= 15 is 0 Å². The molecule has 3 rings (SSSR count). The molecule has 1 aliphatic rings. The van der Waals surface area contributed by atoms with E-state index in [1.807, 2.05) is 13.0 Å². The molecule has 6 nitrogen and oxygen atoms in total. The van der Waals surface area contributed by atoms with E-state index in [0.717, 1.165) is 11.1 Å². The molecule has 1 saturated heterocycles. The van der Waals surface area contributed by atoms with Crippen LogP contribution in [0.3, 0.4) is 0 Å². The van der Waals surface area contributed by atoms with E-state index in [0.29, 0.717) is 47.3 Å². The number of nitrogens with zero attached hydrogens (tertiary/aromatic N) is 1. The summed E-state index contributed by atoms with van der Waals surface area (Å²) in [7, 11) is -2.05. The molecule has 0 atom stereocenters. The van der Waals surface area contributed by atoms with Gasteiger partial charge in [-0.1, -0.05) is 29.3 Å². The van der Waals surface area contributed by atoms with Gasteiger partial charge >= 0.3 is 0 Å². The molecule has 2 aromatic rings. The fraction of sp³-hybridized carbons (Fsp3) is 0.381. The Hall–Kier alpha value is -2.09. The van der Waals surface area contributed by atoms with Crippen molar-refractivity contribution in [2.75, 3.05) is 25.5 Å². The third kappa shape index (κ3) is 4.74. The van der Waals surface area contributed by atoms with E-state index < -0.39 is 10.0 Å². The predicted octanol–water partition coefficient (Wildman–Crippen LogP) is 4.00. The van der Waals surface area contributed by atoms with Crippen LogP contribution in [0.25, 0.3) is 0 Å². The highest BCUT2D eigenvalue weighted by Crippen LogP contribution is 2.30. The second kappa shape index (κ2) is 8.73. The van der Waals surface area contributed by atoms with E-state index in [1.165, 1.54) is 11.4 Å². The molecule has 0 aromatic heterocycles. The number of carbonyl (C=O) groups is 1. The molecule has 156 valence electrons. The van der Waals surface area contributed by atoms with Crippen LogP contribution in [0.5, 0.6) is 5.75 Å². The van der Waals surface area contributed by atoms with Gasteiger partial charge in [-0.3, -0.25) is 4.79 Å². The molecule has 0 radical (unpaired) electrons. The maximum Gasteiger partial charge on any atom is 0.243 e. The lowest BCUT2D eigenvalue weighted by Crippen LogP contribution is -2.41. The van der Waals surface area contributed by atoms with Crippen LogP contribution in [-0.2, 0) is 14.8 Å². The monoisotopic (exact) mass is 436 g/mol. The molecule has 0 aliphatic carbocycles. The number of hydrogen-bond acceptors (Lipinski definition) is 4. The van der Waals surface area contributed by atoms with Crippen molar-refractivity contribution in [3.63, 3.8) is 0 Å². The molecule has 1 N–H and O–H groups in total. The summed E-state index contributed by atoms with van der Waals surface area (Å²) in [4.78, 5) is 13.0. The minimum Gasteiger partial charge on any atom is -0.495 e. The first-order valence-electron chi connectivity index (χ1n) is 9.44. The van der Waals surface area contributed by atoms with E-state index in [4.69, 9.17) is 16.3 Å². The first kappa shape index (κ1) is 21.6. The Kier molecular flexibility index (Phi) is 6.51. The van der Waals surface area contributed by atoms with Crippen molar-refractivity contribution in [2.45, 2.75) is 31.6 Å². The summed E-state index contributed by atoms with van der Waals surface area (Å²) in [5.41, 5.74) is 2.27. The van der Waals surface area contributed by atoms with Gasteiger partial charge in [0.15, 0.2) is 0 Å². The number of hydrogen-bond donors (Lipinski definition) is 1. The summed E-state index contributed by atoms with van der Waals surface area (Å²) in [5.74, 6) is 0.0935. The van der Waals surface area contributed by atoms with Crippen LogP contribution in [0.1, 0.15) is 24.0 Å². The highest BCUT2D eigenvalue weighted by Gasteiger charge is 2.33. The zero-order valence-electron chi connectivity index (χ0n) is 16.7. The van der Waals surface area contributed by atoms with Crippen LogP contribution >= 0.6 is 11.6 Å². The fourth-order valence-corrected chi connectivity index (χ4v) is 5.45. The topological polar surface area (TPSA) is 75.7 Å². The van der Waals surface area contributed by atoms with Crippen molar-refractivity contribution >= 4 is 33.2 Å². The van der Waals surface area contributed by atoms with Gasteiger partial charge in [0.2, 0.25) is 15.9 Å². The Morgan fingerprint density at radius 2 is 1.83 bits per heavy atom. The van der Waals surface area contributed by atoms with Crippen LogP contribution in [0.4, 0.5) is 5.69 Å². The number of halogens is 1. The van der Waals surface area contributed by atoms with E-state index in [2.05, 4.69) is 5.32 Å². The molecule has 1 amide bonds. The first-order valence-corrected chi connectivity index (χ1v) is 11.3. The summed E-state index contributed by atoms with van der Waals surface area (Å²) in [6.45, 7) is 4.35. The number of benzene rings is 2. The van der Waals surface area contributed by atoms with Crippen molar-refractivity contribution in [3.05, 3.63) is 52.5 Å². The Morgan fingerprint density at radius 1 is 1.14 bits per heavy atom. The number of amides is 1. The maximum atomic E-state index is 13.0. The molecule has 2 aromatic carbocycles. The van der Waals surface area contributed by atoms with E-state index in [-0.39, 0.29) is 11.8 Å². The number of anilines is 1. The average Bonchev–Trinajstić information content (AvgIpc) is 2.68. The molecular weight excluding hydrogens is 412 g/mol. The molecule has 0 unspecified atom stereocenters. The van der Waals surface area contributed by atoms with E-state index in [9.17, 15) is 13.2 Å². The SMILES string of the molecule is COc1ccc(Cl)cc1NC(=O)C1CCN(S(=O)(=O)c2ccc(C)cc2C)CC1. The zero-order chi connectivity index (χ0) is 21.2. The second-order valence-electron chi connectivity index (χ2n) is 7.28. The summed E-state index contributed by atoms with van der Waals surface area (Å²) in [5, 5.41) is 3.35. The van der Waals surface area contributed by atoms with Crippen molar-refractivity contribution < 1.29 is 17.9 Å². The first-order chi connectivity index (χ1) is 13.7. The van der Waals surface area contributed by atoms with Crippen molar-refractivity contribution in [1.82, 2.24) is 4.31 Å². The van der Waals surface area contributed by atoms with Crippen molar-refractivity contribution in [2.24, 2.45) is 5.92 Å². The highest BCUT2D eigenvalue weighted by molar-refractivity contribution is 7.89. The minimum absolute atomic E-state index is 0.158. The molecule has 0 saturated carbocycles. The quantitative estimate of drug-likeness (QED) is 0.768. The maximum absolute atomic E-state index is 13.0. The molecule has 8 heteroatoms. The van der Waals surface area contributed by atoms with Crippen LogP contribution in [0, 0.1) is 19.8 Å². The number of nitrogens with one attached hydrogen (secondary N) is 1. The highest BCUT2D eigenvalue weighted by atomic mass is 35.5. The van der Waals surface area contributed by atoms with Gasteiger partial charge in [0, 0.05) is 24.0 Å². The minimum atomic E-state index is -3.57. The van der Waals surface area contributed by atoms with Gasteiger partial charge < -0.3 is 10.1 Å². The van der Waals surface area contributed by atoms with Gasteiger partial charge in [-0.2, -0.15) is 4.31 Å². The van der Waals surface area contributed by atoms with Crippen LogP contribution < -0.4 is 10.1 Å². The van der Waals surface area contributed by atoms with Gasteiger partial charge in [0.05, 0.1) is 17.7 Å². The number of methoxy groups -OCH3 is 1. The lowest BCUT2D eigenvalue weighted by Gasteiger charge is -2.31. The molecule has 1 heterocycles. The predicted molar refractivity (Wildman–Crippen MR) is 114 cm³/mol. The largest absolute Gasteiger partial charge is 0.495 e. The van der Waals surface area contributed by atoms with Crippen molar-refractivity contribution in [3.8, 4) is 5.75 Å². The lowest BCUT2D eigenvalue weighted by atomic mass is 9.97. The fourth-order valence-electron chi connectivity index (χ4n) is 3.60. The molecule has 0 spiro atoms. The zero-order valence-corrected chi connectivity index (χ0v) is 18.3. The smallest absolute Gasteiger partial charge is 0.243 e. The van der Waals surface area contributed by atoms with Gasteiger partial charge in [-0.25, -0.2) is 8.42 Å². The number of aryl methyl sites for hydroxylation is 2. The summed E-state index contributed by atoms with van der Waals surface area (Å²) >= 11 is 6.01. The lowest BCUT2D eigenvalue weighted by molar-refractivity contribution is -0.120. The molecule has 1 aliphatic heterocycles. The Labute approximate surface area is 176 Å². The Bertz CT molecular complexity index is 1020. The molecule has 0 bridgehead atoms. The van der Waals surface area contributed by atoms with Gasteiger partial charge in [-0.15, -0.1) is 0 Å². The number of carbonyl (C=O) groups excluding carboxylic acids is 1. The Morgan fingerprint density at radius 3 is 2.45 bits per heavy atom. The second-order valence-corrected chi connectivity index (χ2v) is 9.62. The standard InChI is InChI=1S/C21H25ClN2O4S/c1-14-4-7-20(15(2)12-14)29(26,27)24-10-8-16(9-11-24)21(25)23-18-13-17(22)5-6-19(18)28-3/h4-7,12-13,16H,8-11H2,1-3H3,(H,23,25). The van der Waals surface area contributed by atoms with Crippen LogP contribution in [0.2, 0.25) is 5.02 Å². The summed E-state index contributed by atoms with van der Waals surface area (Å²) in [6.07, 6.45) is 0.914. The Balaban J connectivity index is 1.67. The third-order valence-electron chi connectivity index (χ3n) is 5.19. The van der Waals surface area contributed by atoms with Crippen LogP contribution in [-0.4, -0.2) is 38.8 Å². The normalized spacial score (nSPS) is 15.9. The van der Waals surface area contributed by atoms with Gasteiger partial charge in [0.25, 0.3) is 0 Å². The molecule has 29 heavy (non-hydrogen) atoms. The number of piperidine rings is 1. The molecule has 1 fully saturated rings. The van der Waals surface area contributed by atoms with Gasteiger partial charge in [-0.05, 0) is 56.5 Å². The third-order valence-corrected chi connectivity index (χ3v) is 7.49. The average molecular weight is 437 g/mol. The summed E-state index contributed by atoms with van der Waals surface area (Å²) in [6, 6.07) is 10.3. The number of sulfonamides is 1. The van der Waals surface area contributed by atoms with Crippen LogP contribution in [0.15, 0.2) is 41.3 Å². The van der Waals surface area contributed by atoms with Crippen molar-refractivity contribution in [1.29, 1.82) is 0 Å². The number of ether oxygens (including phenoxy) is 1. The van der Waals surface area contributed by atoms with E-state index in [1.54, 1.807) is 37.3 Å². The number of rotatable bonds is 5.